The van der Waals surface area contributed by atoms with Crippen molar-refractivity contribution in [3.63, 3.8) is 0 Å². The molecule has 1 aliphatic carbocycles. The Morgan fingerprint density at radius 3 is 3.00 bits per heavy atom. The van der Waals surface area contributed by atoms with Crippen molar-refractivity contribution in [1.82, 2.24) is 10.5 Å². The molecular weight excluding hydrogens is 230 g/mol. The van der Waals surface area contributed by atoms with Crippen LogP contribution in [-0.4, -0.2) is 17.6 Å². The highest BCUT2D eigenvalue weighted by molar-refractivity contribution is 5.79. The van der Waals surface area contributed by atoms with Crippen LogP contribution in [0.2, 0.25) is 0 Å². The van der Waals surface area contributed by atoms with E-state index in [4.69, 9.17) is 10.3 Å². The number of carbonyl (C=O) groups is 1. The Bertz CT molecular complexity index is 403. The van der Waals surface area contributed by atoms with Gasteiger partial charge in [0.1, 0.15) is 0 Å². The van der Waals surface area contributed by atoms with Gasteiger partial charge in [0.15, 0.2) is 5.76 Å². The number of nitrogens with one attached hydrogen (secondary N) is 1. The number of aryl methyl sites for hydroxylation is 1. The molecular formula is C13H21N3O2. The first-order valence-corrected chi connectivity index (χ1v) is 6.60. The van der Waals surface area contributed by atoms with Crippen molar-refractivity contribution in [3.05, 3.63) is 17.5 Å². The van der Waals surface area contributed by atoms with Crippen molar-refractivity contribution in [3.8, 4) is 0 Å². The number of nitrogens with two attached hydrogens (primary N) is 1. The second kappa shape index (κ2) is 6.00. The summed E-state index contributed by atoms with van der Waals surface area (Å²) in [6.45, 7) is 2.87. The first-order chi connectivity index (χ1) is 8.70. The van der Waals surface area contributed by atoms with Gasteiger partial charge in [-0.1, -0.05) is 18.0 Å². The Balaban J connectivity index is 1.86. The molecule has 0 saturated heterocycles. The van der Waals surface area contributed by atoms with Gasteiger partial charge in [0.2, 0.25) is 5.91 Å². The number of nitrogens with zero attached hydrogens (tertiary/aromatic N) is 1. The molecule has 1 aliphatic rings. The number of hydrogen-bond donors (Lipinski definition) is 2. The molecule has 18 heavy (non-hydrogen) atoms. The molecule has 2 atom stereocenters. The summed E-state index contributed by atoms with van der Waals surface area (Å²) in [7, 11) is 0. The molecule has 5 heteroatoms. The Hall–Kier alpha value is -1.36. The first-order valence-electron chi connectivity index (χ1n) is 6.60. The summed E-state index contributed by atoms with van der Waals surface area (Å²) in [5.74, 6) is 1.18. The number of rotatable bonds is 4. The highest BCUT2D eigenvalue weighted by atomic mass is 16.5. The van der Waals surface area contributed by atoms with Crippen molar-refractivity contribution >= 4 is 5.91 Å². The fourth-order valence-corrected chi connectivity index (χ4v) is 2.64. The minimum absolute atomic E-state index is 0.0627. The Kier molecular flexibility index (Phi) is 4.36. The zero-order chi connectivity index (χ0) is 13.0. The summed E-state index contributed by atoms with van der Waals surface area (Å²) in [5.41, 5.74) is 6.56. The van der Waals surface area contributed by atoms with Crippen LogP contribution in [0.1, 0.15) is 37.1 Å². The summed E-state index contributed by atoms with van der Waals surface area (Å²) < 4.78 is 5.07. The third kappa shape index (κ3) is 3.10. The van der Waals surface area contributed by atoms with Crippen LogP contribution in [-0.2, 0) is 11.3 Å². The third-order valence-electron chi connectivity index (χ3n) is 3.66. The van der Waals surface area contributed by atoms with Crippen LogP contribution < -0.4 is 11.1 Å². The predicted octanol–water partition coefficient (Wildman–Crippen LogP) is 1.36. The molecule has 0 aliphatic heterocycles. The molecule has 0 radical (unpaired) electrons. The molecule has 1 amide bonds. The Morgan fingerprint density at radius 2 is 2.33 bits per heavy atom. The van der Waals surface area contributed by atoms with Crippen LogP contribution in [0.5, 0.6) is 0 Å². The summed E-state index contributed by atoms with van der Waals surface area (Å²) >= 11 is 0. The fraction of sp³-hybridized carbons (Fsp3) is 0.692. The zero-order valence-electron chi connectivity index (χ0n) is 10.8. The van der Waals surface area contributed by atoms with Gasteiger partial charge in [-0.3, -0.25) is 4.79 Å². The van der Waals surface area contributed by atoms with Crippen molar-refractivity contribution in [2.75, 3.05) is 6.54 Å². The van der Waals surface area contributed by atoms with Gasteiger partial charge < -0.3 is 15.6 Å². The van der Waals surface area contributed by atoms with E-state index in [9.17, 15) is 4.79 Å². The molecule has 1 aromatic heterocycles. The molecule has 1 saturated carbocycles. The van der Waals surface area contributed by atoms with Gasteiger partial charge in [0.05, 0.1) is 12.2 Å². The number of carbonyl (C=O) groups excluding carboxylic acids is 1. The molecule has 1 aromatic rings. The SMILES string of the molecule is Cc1cc(CNC(=O)C2CCCCC2CN)on1. The smallest absolute Gasteiger partial charge is 0.223 e. The standard InChI is InChI=1S/C13H21N3O2/c1-9-6-11(18-16-9)8-15-13(17)12-5-3-2-4-10(12)7-14/h6,10,12H,2-5,7-8,14H2,1H3,(H,15,17). The fourth-order valence-electron chi connectivity index (χ4n) is 2.64. The van der Waals surface area contributed by atoms with Gasteiger partial charge in [-0.2, -0.15) is 0 Å². The summed E-state index contributed by atoms with van der Waals surface area (Å²) in [4.78, 5) is 12.1. The lowest BCUT2D eigenvalue weighted by molar-refractivity contribution is -0.127. The van der Waals surface area contributed by atoms with Gasteiger partial charge in [0.25, 0.3) is 0 Å². The van der Waals surface area contributed by atoms with Crippen molar-refractivity contribution < 1.29 is 9.32 Å². The van der Waals surface area contributed by atoms with E-state index >= 15 is 0 Å². The van der Waals surface area contributed by atoms with Crippen LogP contribution in [0.3, 0.4) is 0 Å². The monoisotopic (exact) mass is 251 g/mol. The molecule has 0 bridgehead atoms. The van der Waals surface area contributed by atoms with E-state index in [0.29, 0.717) is 24.8 Å². The van der Waals surface area contributed by atoms with E-state index < -0.39 is 0 Å². The molecule has 1 fully saturated rings. The lowest BCUT2D eigenvalue weighted by Gasteiger charge is -2.29. The highest BCUT2D eigenvalue weighted by Crippen LogP contribution is 2.29. The molecule has 3 N–H and O–H groups in total. The molecule has 2 unspecified atom stereocenters. The average molecular weight is 251 g/mol. The van der Waals surface area contributed by atoms with Crippen molar-refractivity contribution in [1.29, 1.82) is 0 Å². The number of hydrogen-bond acceptors (Lipinski definition) is 4. The topological polar surface area (TPSA) is 81.2 Å². The van der Waals surface area contributed by atoms with E-state index in [-0.39, 0.29) is 11.8 Å². The van der Waals surface area contributed by atoms with Crippen molar-refractivity contribution in [2.45, 2.75) is 39.2 Å². The normalized spacial score (nSPS) is 23.9. The molecule has 0 spiro atoms. The Labute approximate surface area is 107 Å². The lowest BCUT2D eigenvalue weighted by atomic mass is 9.79. The molecule has 100 valence electrons. The summed E-state index contributed by atoms with van der Waals surface area (Å²) in [5, 5.41) is 6.71. The summed E-state index contributed by atoms with van der Waals surface area (Å²) in [6, 6.07) is 1.83. The predicted molar refractivity (Wildman–Crippen MR) is 67.6 cm³/mol. The summed E-state index contributed by atoms with van der Waals surface area (Å²) in [6.07, 6.45) is 4.32. The minimum atomic E-state index is 0.0627. The molecule has 1 heterocycles. The molecule has 5 nitrogen and oxygen atoms in total. The van der Waals surface area contributed by atoms with E-state index in [1.165, 1.54) is 6.42 Å². The maximum Gasteiger partial charge on any atom is 0.223 e. The maximum absolute atomic E-state index is 12.1. The lowest BCUT2D eigenvalue weighted by Crippen LogP contribution is -2.39. The third-order valence-corrected chi connectivity index (χ3v) is 3.66. The minimum Gasteiger partial charge on any atom is -0.359 e. The Morgan fingerprint density at radius 1 is 1.56 bits per heavy atom. The van der Waals surface area contributed by atoms with E-state index in [1.54, 1.807) is 0 Å². The average Bonchev–Trinajstić information content (AvgIpc) is 2.81. The van der Waals surface area contributed by atoms with Crippen LogP contribution in [0.25, 0.3) is 0 Å². The quantitative estimate of drug-likeness (QED) is 0.846. The van der Waals surface area contributed by atoms with Gasteiger partial charge >= 0.3 is 0 Å². The van der Waals surface area contributed by atoms with Crippen LogP contribution in [0.4, 0.5) is 0 Å². The van der Waals surface area contributed by atoms with Gasteiger partial charge in [-0.05, 0) is 32.2 Å². The highest BCUT2D eigenvalue weighted by Gasteiger charge is 2.29. The second-order valence-corrected chi connectivity index (χ2v) is 5.04. The van der Waals surface area contributed by atoms with Gasteiger partial charge in [0, 0.05) is 12.0 Å². The van der Waals surface area contributed by atoms with Crippen LogP contribution >= 0.6 is 0 Å². The van der Waals surface area contributed by atoms with E-state index in [2.05, 4.69) is 10.5 Å². The van der Waals surface area contributed by atoms with Gasteiger partial charge in [-0.15, -0.1) is 0 Å². The van der Waals surface area contributed by atoms with E-state index in [1.807, 2.05) is 13.0 Å². The van der Waals surface area contributed by atoms with Crippen LogP contribution in [0.15, 0.2) is 10.6 Å². The zero-order valence-corrected chi connectivity index (χ0v) is 10.8. The van der Waals surface area contributed by atoms with Crippen LogP contribution in [0, 0.1) is 18.8 Å². The number of aromatic nitrogens is 1. The van der Waals surface area contributed by atoms with Gasteiger partial charge in [-0.25, -0.2) is 0 Å². The second-order valence-electron chi connectivity index (χ2n) is 5.04. The first kappa shape index (κ1) is 13.1. The maximum atomic E-state index is 12.1. The molecule has 2 rings (SSSR count). The molecule has 0 aromatic carbocycles. The number of amides is 1. The van der Waals surface area contributed by atoms with E-state index in [0.717, 1.165) is 25.0 Å². The van der Waals surface area contributed by atoms with Crippen molar-refractivity contribution in [2.24, 2.45) is 17.6 Å². The largest absolute Gasteiger partial charge is 0.359 e.